The molecule has 0 aliphatic heterocycles. The van der Waals surface area contributed by atoms with Crippen LogP contribution in [0.3, 0.4) is 0 Å². The topological polar surface area (TPSA) is 4.93 Å². The van der Waals surface area contributed by atoms with Crippen molar-refractivity contribution in [3.05, 3.63) is 57.9 Å². The summed E-state index contributed by atoms with van der Waals surface area (Å²) in [7, 11) is 0. The number of hydrogen-bond acceptors (Lipinski definition) is 2. The highest BCUT2D eigenvalue weighted by Gasteiger charge is 2.14. The zero-order chi connectivity index (χ0) is 15.1. The van der Waals surface area contributed by atoms with Gasteiger partial charge in [0.15, 0.2) is 0 Å². The van der Waals surface area contributed by atoms with Gasteiger partial charge in [0.25, 0.3) is 0 Å². The van der Waals surface area contributed by atoms with E-state index < -0.39 is 0 Å². The first kappa shape index (κ1) is 14.0. The van der Waals surface area contributed by atoms with Crippen molar-refractivity contribution in [3.63, 3.8) is 0 Å². The Bertz CT molecular complexity index is 910. The van der Waals surface area contributed by atoms with Crippen molar-refractivity contribution in [3.8, 4) is 0 Å². The zero-order valence-corrected chi connectivity index (χ0v) is 14.6. The van der Waals surface area contributed by atoms with Crippen LogP contribution in [0.4, 0.5) is 0 Å². The van der Waals surface area contributed by atoms with Crippen LogP contribution in [0.5, 0.6) is 0 Å². The van der Waals surface area contributed by atoms with Crippen molar-refractivity contribution in [1.82, 2.24) is 4.57 Å². The maximum Gasteiger partial charge on any atom is 0.0485 e. The number of thiophene rings is 2. The molecular weight excluding hydrogens is 306 g/mol. The van der Waals surface area contributed by atoms with E-state index in [1.807, 2.05) is 22.7 Å². The molecule has 0 N–H and O–H groups in total. The Balaban J connectivity index is 1.83. The van der Waals surface area contributed by atoms with Crippen LogP contribution >= 0.6 is 22.7 Å². The van der Waals surface area contributed by atoms with E-state index in [9.17, 15) is 0 Å². The van der Waals surface area contributed by atoms with Gasteiger partial charge in [-0.1, -0.05) is 25.1 Å². The molecule has 4 rings (SSSR count). The summed E-state index contributed by atoms with van der Waals surface area (Å²) >= 11 is 3.78. The fourth-order valence-corrected chi connectivity index (χ4v) is 5.46. The molecule has 1 nitrogen and oxygen atoms in total. The van der Waals surface area contributed by atoms with Gasteiger partial charge in [0.2, 0.25) is 0 Å². The fraction of sp³-hybridized carbons (Fsp3) is 0.263. The van der Waals surface area contributed by atoms with Crippen LogP contribution in [0, 0.1) is 6.92 Å². The summed E-state index contributed by atoms with van der Waals surface area (Å²) in [5.74, 6) is 0. The minimum Gasteiger partial charge on any atom is -0.345 e. The molecule has 0 amide bonds. The van der Waals surface area contributed by atoms with Gasteiger partial charge in [-0.05, 0) is 42.5 Å². The van der Waals surface area contributed by atoms with Crippen LogP contribution in [0.1, 0.15) is 29.5 Å². The predicted octanol–water partition coefficient (Wildman–Crippen LogP) is 6.23. The molecule has 3 heteroatoms. The van der Waals surface area contributed by atoms with Gasteiger partial charge in [-0.2, -0.15) is 0 Å². The molecule has 0 atom stereocenters. The SMILES string of the molecule is CCCn1c(C)c(Cc2cc3sccc3s2)c2ccccc21. The third-order valence-electron chi connectivity index (χ3n) is 4.35. The highest BCUT2D eigenvalue weighted by atomic mass is 32.1. The van der Waals surface area contributed by atoms with Crippen LogP contribution < -0.4 is 0 Å². The van der Waals surface area contributed by atoms with Crippen molar-refractivity contribution in [2.75, 3.05) is 0 Å². The van der Waals surface area contributed by atoms with Gasteiger partial charge in [-0.3, -0.25) is 0 Å². The van der Waals surface area contributed by atoms with E-state index in [1.165, 1.54) is 42.9 Å². The summed E-state index contributed by atoms with van der Waals surface area (Å²) in [5, 5.41) is 3.61. The monoisotopic (exact) mass is 325 g/mol. The molecule has 0 bridgehead atoms. The van der Waals surface area contributed by atoms with Crippen LogP contribution in [-0.4, -0.2) is 4.57 Å². The third kappa shape index (κ3) is 2.20. The van der Waals surface area contributed by atoms with Crippen molar-refractivity contribution < 1.29 is 0 Å². The van der Waals surface area contributed by atoms with Crippen LogP contribution in [0.15, 0.2) is 41.8 Å². The van der Waals surface area contributed by atoms with Gasteiger partial charge < -0.3 is 4.57 Å². The lowest BCUT2D eigenvalue weighted by Crippen LogP contribution is -1.99. The average molecular weight is 326 g/mol. The first-order chi connectivity index (χ1) is 10.8. The smallest absolute Gasteiger partial charge is 0.0485 e. The third-order valence-corrected chi connectivity index (χ3v) is 6.44. The van der Waals surface area contributed by atoms with E-state index in [1.54, 1.807) is 0 Å². The van der Waals surface area contributed by atoms with Gasteiger partial charge in [0.1, 0.15) is 0 Å². The molecule has 0 spiro atoms. The van der Waals surface area contributed by atoms with Gasteiger partial charge >= 0.3 is 0 Å². The van der Waals surface area contributed by atoms with Crippen molar-refractivity contribution in [2.45, 2.75) is 33.2 Å². The number of aryl methyl sites for hydroxylation is 1. The van der Waals surface area contributed by atoms with E-state index >= 15 is 0 Å². The second kappa shape index (κ2) is 5.56. The molecule has 0 saturated carbocycles. The quantitative estimate of drug-likeness (QED) is 0.419. The number of nitrogens with zero attached hydrogens (tertiary/aromatic N) is 1. The van der Waals surface area contributed by atoms with E-state index in [-0.39, 0.29) is 0 Å². The standard InChI is InChI=1S/C19H19NS2/c1-3-9-20-13(2)16(15-6-4-5-7-17(15)20)11-14-12-19-18(22-14)8-10-21-19/h4-8,10,12H,3,9,11H2,1-2H3. The Morgan fingerprint density at radius 3 is 2.77 bits per heavy atom. The Hall–Kier alpha value is -1.58. The van der Waals surface area contributed by atoms with Gasteiger partial charge in [-0.25, -0.2) is 0 Å². The Morgan fingerprint density at radius 1 is 1.09 bits per heavy atom. The maximum absolute atomic E-state index is 2.49. The minimum absolute atomic E-state index is 1.05. The van der Waals surface area contributed by atoms with Crippen LogP contribution in [-0.2, 0) is 13.0 Å². The van der Waals surface area contributed by atoms with E-state index in [4.69, 9.17) is 0 Å². The Labute approximate surface area is 138 Å². The summed E-state index contributed by atoms with van der Waals surface area (Å²) in [6.07, 6.45) is 2.23. The number of para-hydroxylation sites is 1. The van der Waals surface area contributed by atoms with Crippen molar-refractivity contribution in [2.24, 2.45) is 0 Å². The maximum atomic E-state index is 2.49. The normalized spacial score (nSPS) is 11.7. The minimum atomic E-state index is 1.05. The molecule has 0 aliphatic rings. The first-order valence-electron chi connectivity index (χ1n) is 7.80. The lowest BCUT2D eigenvalue weighted by molar-refractivity contribution is 0.683. The van der Waals surface area contributed by atoms with E-state index in [0.717, 1.165) is 13.0 Å². The first-order valence-corrected chi connectivity index (χ1v) is 9.50. The van der Waals surface area contributed by atoms with E-state index in [2.05, 4.69) is 60.2 Å². The summed E-state index contributed by atoms with van der Waals surface area (Å²) in [6.45, 7) is 5.63. The second-order valence-electron chi connectivity index (χ2n) is 5.77. The van der Waals surface area contributed by atoms with Gasteiger partial charge in [-0.15, -0.1) is 22.7 Å². The van der Waals surface area contributed by atoms with Crippen molar-refractivity contribution >= 4 is 43.0 Å². The summed E-state index contributed by atoms with van der Waals surface area (Å²) in [5.41, 5.74) is 4.31. The summed E-state index contributed by atoms with van der Waals surface area (Å²) < 4.78 is 5.34. The lowest BCUT2D eigenvalue weighted by Gasteiger charge is -2.06. The molecule has 4 aromatic rings. The molecule has 22 heavy (non-hydrogen) atoms. The number of fused-ring (bicyclic) bond motifs is 2. The molecule has 112 valence electrons. The highest BCUT2D eigenvalue weighted by molar-refractivity contribution is 7.26. The molecule has 0 radical (unpaired) electrons. The summed E-state index contributed by atoms with van der Waals surface area (Å²) in [4.78, 5) is 1.48. The van der Waals surface area contributed by atoms with Crippen LogP contribution in [0.25, 0.3) is 20.3 Å². The van der Waals surface area contributed by atoms with Crippen molar-refractivity contribution in [1.29, 1.82) is 0 Å². The highest BCUT2D eigenvalue weighted by Crippen LogP contribution is 2.34. The molecule has 0 fully saturated rings. The predicted molar refractivity (Wildman–Crippen MR) is 99.5 cm³/mol. The van der Waals surface area contributed by atoms with Crippen LogP contribution in [0.2, 0.25) is 0 Å². The molecule has 3 heterocycles. The molecule has 1 aromatic carbocycles. The average Bonchev–Trinajstić information content (AvgIpc) is 3.16. The molecule has 0 aliphatic carbocycles. The Morgan fingerprint density at radius 2 is 1.95 bits per heavy atom. The number of hydrogen-bond donors (Lipinski definition) is 0. The largest absolute Gasteiger partial charge is 0.345 e. The van der Waals surface area contributed by atoms with Gasteiger partial charge in [0, 0.05) is 43.8 Å². The fourth-order valence-electron chi connectivity index (χ4n) is 3.31. The lowest BCUT2D eigenvalue weighted by atomic mass is 10.1. The molecular formula is C19H19NS2. The molecule has 0 unspecified atom stereocenters. The molecule has 0 saturated heterocycles. The molecule has 3 aromatic heterocycles. The number of rotatable bonds is 4. The Kier molecular flexibility index (Phi) is 3.55. The number of benzene rings is 1. The number of aromatic nitrogens is 1. The summed E-state index contributed by atoms with van der Waals surface area (Å²) in [6, 6.07) is 13.5. The van der Waals surface area contributed by atoms with E-state index in [0.29, 0.717) is 0 Å². The second-order valence-corrected chi connectivity index (χ2v) is 7.89. The van der Waals surface area contributed by atoms with Gasteiger partial charge in [0.05, 0.1) is 0 Å². The zero-order valence-electron chi connectivity index (χ0n) is 12.9.